The summed E-state index contributed by atoms with van der Waals surface area (Å²) in [7, 11) is 2.25. The van der Waals surface area contributed by atoms with E-state index in [4.69, 9.17) is 4.84 Å². The highest BCUT2D eigenvalue weighted by Crippen LogP contribution is 2.45. The molecule has 2 aliphatic heterocycles. The third-order valence-corrected chi connectivity index (χ3v) is 5.99. The van der Waals surface area contributed by atoms with Gasteiger partial charge in [-0.05, 0) is 31.0 Å². The molecule has 2 atom stereocenters. The fourth-order valence-corrected chi connectivity index (χ4v) is 4.63. The van der Waals surface area contributed by atoms with Crippen molar-refractivity contribution in [1.29, 1.82) is 0 Å². The van der Waals surface area contributed by atoms with Crippen molar-refractivity contribution in [2.75, 3.05) is 7.05 Å². The molecule has 5 rings (SSSR count). The number of benzene rings is 2. The van der Waals surface area contributed by atoms with Gasteiger partial charge in [0.1, 0.15) is 0 Å². The van der Waals surface area contributed by atoms with Gasteiger partial charge in [-0.25, -0.2) is 0 Å². The fourth-order valence-electron chi connectivity index (χ4n) is 4.63. The van der Waals surface area contributed by atoms with Gasteiger partial charge in [-0.1, -0.05) is 53.7 Å². The molecule has 2 aromatic rings. The molecule has 3 aliphatic rings. The van der Waals surface area contributed by atoms with E-state index in [0.717, 1.165) is 12.8 Å². The van der Waals surface area contributed by atoms with Crippen LogP contribution in [0.2, 0.25) is 0 Å². The summed E-state index contributed by atoms with van der Waals surface area (Å²) in [6.45, 7) is 0. The molecule has 1 aliphatic carbocycles. The first kappa shape index (κ1) is 14.2. The van der Waals surface area contributed by atoms with E-state index in [1.807, 2.05) is 0 Å². The zero-order chi connectivity index (χ0) is 16.1. The molecule has 0 amide bonds. The summed E-state index contributed by atoms with van der Waals surface area (Å²) in [4.78, 5) is 8.65. The molecule has 0 radical (unpaired) electrons. The minimum atomic E-state index is -0.0674. The summed E-state index contributed by atoms with van der Waals surface area (Å²) < 4.78 is 0. The van der Waals surface area contributed by atoms with Crippen LogP contribution in [0.3, 0.4) is 0 Å². The van der Waals surface area contributed by atoms with Gasteiger partial charge in [0.05, 0.1) is 5.71 Å². The highest BCUT2D eigenvalue weighted by Gasteiger charge is 2.37. The second kappa shape index (κ2) is 5.45. The fraction of sp³-hybridized carbons (Fsp3) is 0.381. The summed E-state index contributed by atoms with van der Waals surface area (Å²) in [5, 5.41) is 4.63. The van der Waals surface area contributed by atoms with Gasteiger partial charge in [-0.15, -0.1) is 0 Å². The largest absolute Gasteiger partial charge is 0.383 e. The van der Waals surface area contributed by atoms with Crippen LogP contribution < -0.4 is 0 Å². The van der Waals surface area contributed by atoms with Crippen LogP contribution >= 0.6 is 0 Å². The van der Waals surface area contributed by atoms with E-state index < -0.39 is 0 Å². The van der Waals surface area contributed by atoms with Crippen LogP contribution in [0.1, 0.15) is 42.9 Å². The van der Waals surface area contributed by atoms with Gasteiger partial charge in [-0.2, -0.15) is 0 Å². The number of piperidine rings is 1. The van der Waals surface area contributed by atoms with E-state index in [1.54, 1.807) is 0 Å². The summed E-state index contributed by atoms with van der Waals surface area (Å²) in [6, 6.07) is 18.4. The van der Waals surface area contributed by atoms with E-state index >= 15 is 0 Å². The molecule has 0 aromatic heterocycles. The molecule has 122 valence electrons. The Labute approximate surface area is 142 Å². The lowest BCUT2D eigenvalue weighted by Gasteiger charge is -2.31. The van der Waals surface area contributed by atoms with Crippen LogP contribution in [0.25, 0.3) is 11.1 Å². The Balaban J connectivity index is 1.45. The van der Waals surface area contributed by atoms with Crippen LogP contribution in [0.4, 0.5) is 0 Å². The molecule has 2 saturated heterocycles. The third-order valence-electron chi connectivity index (χ3n) is 5.99. The van der Waals surface area contributed by atoms with Gasteiger partial charge in [0, 0.05) is 36.1 Å². The Morgan fingerprint density at radius 1 is 0.875 bits per heavy atom. The Morgan fingerprint density at radius 2 is 1.42 bits per heavy atom. The van der Waals surface area contributed by atoms with E-state index in [1.165, 1.54) is 40.8 Å². The van der Waals surface area contributed by atoms with E-state index in [0.29, 0.717) is 12.1 Å². The summed E-state index contributed by atoms with van der Waals surface area (Å²) in [5.74, 6) is 0. The molecule has 0 N–H and O–H groups in total. The number of nitrogens with zero attached hydrogens (tertiary/aromatic N) is 2. The molecule has 2 heterocycles. The standard InChI is InChI=1S/C21H22N2O/c1-23-15-10-11-16(23)13-14(12-15)22-24-21-19-8-4-2-6-17(19)18-7-3-5-9-20(18)21/h2-9,15-16,21H,10-13H2,1H3. The Kier molecular flexibility index (Phi) is 3.23. The van der Waals surface area contributed by atoms with E-state index in [-0.39, 0.29) is 6.10 Å². The van der Waals surface area contributed by atoms with Crippen molar-refractivity contribution in [3.8, 4) is 11.1 Å². The van der Waals surface area contributed by atoms with Crippen molar-refractivity contribution in [3.63, 3.8) is 0 Å². The van der Waals surface area contributed by atoms with Crippen LogP contribution in [-0.4, -0.2) is 29.7 Å². The highest BCUT2D eigenvalue weighted by molar-refractivity contribution is 5.86. The van der Waals surface area contributed by atoms with Gasteiger partial charge in [-0.3, -0.25) is 4.90 Å². The predicted octanol–water partition coefficient (Wildman–Crippen LogP) is 4.39. The van der Waals surface area contributed by atoms with Crippen LogP contribution in [-0.2, 0) is 4.84 Å². The lowest BCUT2D eigenvalue weighted by molar-refractivity contribution is 0.0869. The number of rotatable bonds is 2. The number of hydrogen-bond acceptors (Lipinski definition) is 3. The van der Waals surface area contributed by atoms with Gasteiger partial charge in [0.15, 0.2) is 6.10 Å². The van der Waals surface area contributed by atoms with Gasteiger partial charge in [0.25, 0.3) is 0 Å². The summed E-state index contributed by atoms with van der Waals surface area (Å²) in [6.07, 6.45) is 4.65. The van der Waals surface area contributed by atoms with Crippen molar-refractivity contribution >= 4 is 5.71 Å². The van der Waals surface area contributed by atoms with Crippen molar-refractivity contribution in [2.24, 2.45) is 5.16 Å². The number of oxime groups is 1. The predicted molar refractivity (Wildman–Crippen MR) is 96.0 cm³/mol. The Morgan fingerprint density at radius 3 is 2.00 bits per heavy atom. The lowest BCUT2D eigenvalue weighted by atomic mass is 10.0. The molecule has 3 nitrogen and oxygen atoms in total. The first-order valence-corrected chi connectivity index (χ1v) is 8.93. The highest BCUT2D eigenvalue weighted by atomic mass is 16.6. The van der Waals surface area contributed by atoms with Crippen LogP contribution in [0.15, 0.2) is 53.7 Å². The van der Waals surface area contributed by atoms with Crippen molar-refractivity contribution < 1.29 is 4.84 Å². The number of hydrogen-bond donors (Lipinski definition) is 0. The maximum atomic E-state index is 6.12. The SMILES string of the molecule is CN1C2CCC1CC(=NOC1c3ccccc3-c3ccccc31)C2. The quantitative estimate of drug-likeness (QED) is 0.767. The van der Waals surface area contributed by atoms with Crippen molar-refractivity contribution in [1.82, 2.24) is 4.90 Å². The Hall–Kier alpha value is -2.13. The summed E-state index contributed by atoms with van der Waals surface area (Å²) in [5.41, 5.74) is 6.27. The Bertz CT molecular complexity index is 751. The molecular formula is C21H22N2O. The first-order chi connectivity index (χ1) is 11.8. The molecular weight excluding hydrogens is 296 g/mol. The molecule has 2 unspecified atom stereocenters. The lowest BCUT2D eigenvalue weighted by Crippen LogP contribution is -2.40. The normalized spacial score (nSPS) is 25.5. The molecule has 0 saturated carbocycles. The zero-order valence-electron chi connectivity index (χ0n) is 14.0. The molecule has 0 spiro atoms. The average Bonchev–Trinajstić information content (AvgIpc) is 3.02. The van der Waals surface area contributed by atoms with E-state index in [2.05, 4.69) is 65.6 Å². The molecule has 2 aromatic carbocycles. The average molecular weight is 318 g/mol. The third kappa shape index (κ3) is 2.11. The van der Waals surface area contributed by atoms with Crippen LogP contribution in [0.5, 0.6) is 0 Å². The smallest absolute Gasteiger partial charge is 0.178 e. The second-order valence-corrected chi connectivity index (χ2v) is 7.28. The zero-order valence-corrected chi connectivity index (χ0v) is 14.0. The van der Waals surface area contributed by atoms with Gasteiger partial charge >= 0.3 is 0 Å². The molecule has 2 fully saturated rings. The molecule has 3 heteroatoms. The van der Waals surface area contributed by atoms with Crippen LogP contribution in [0, 0.1) is 0 Å². The summed E-state index contributed by atoms with van der Waals surface area (Å²) >= 11 is 0. The van der Waals surface area contributed by atoms with Gasteiger partial charge < -0.3 is 4.84 Å². The van der Waals surface area contributed by atoms with Crippen molar-refractivity contribution in [3.05, 3.63) is 59.7 Å². The maximum Gasteiger partial charge on any atom is 0.178 e. The monoisotopic (exact) mass is 318 g/mol. The van der Waals surface area contributed by atoms with Crippen molar-refractivity contribution in [2.45, 2.75) is 43.9 Å². The first-order valence-electron chi connectivity index (χ1n) is 8.93. The maximum absolute atomic E-state index is 6.12. The molecule has 24 heavy (non-hydrogen) atoms. The number of fused-ring (bicyclic) bond motifs is 5. The minimum Gasteiger partial charge on any atom is -0.383 e. The second-order valence-electron chi connectivity index (χ2n) is 7.28. The molecule has 2 bridgehead atoms. The van der Waals surface area contributed by atoms with Gasteiger partial charge in [0.2, 0.25) is 0 Å². The van der Waals surface area contributed by atoms with E-state index in [9.17, 15) is 0 Å². The minimum absolute atomic E-state index is 0.0674. The topological polar surface area (TPSA) is 24.8 Å².